The van der Waals surface area contributed by atoms with Gasteiger partial charge in [0.15, 0.2) is 0 Å². The molecule has 0 aliphatic carbocycles. The van der Waals surface area contributed by atoms with Gasteiger partial charge in [-0.2, -0.15) is 0 Å². The zero-order chi connectivity index (χ0) is 11.0. The molecule has 0 bridgehead atoms. The molecule has 2 nitrogen and oxygen atoms in total. The minimum absolute atomic E-state index is 0.534. The van der Waals surface area contributed by atoms with Crippen molar-refractivity contribution in [2.24, 2.45) is 0 Å². The lowest BCUT2D eigenvalue weighted by Gasteiger charge is -2.32. The first-order chi connectivity index (χ1) is 7.88. The van der Waals surface area contributed by atoms with E-state index in [4.69, 9.17) is 4.74 Å². The molecule has 3 unspecified atom stereocenters. The highest BCUT2D eigenvalue weighted by atomic mass is 16.6. The summed E-state index contributed by atoms with van der Waals surface area (Å²) < 4.78 is 5.60. The van der Waals surface area contributed by atoms with Gasteiger partial charge in [0.1, 0.15) is 0 Å². The first-order valence-corrected chi connectivity index (χ1v) is 6.33. The van der Waals surface area contributed by atoms with Gasteiger partial charge in [-0.05, 0) is 18.4 Å². The second kappa shape index (κ2) is 4.19. The maximum atomic E-state index is 5.60. The number of ether oxygens (including phenoxy) is 1. The van der Waals surface area contributed by atoms with Gasteiger partial charge in [0.25, 0.3) is 0 Å². The van der Waals surface area contributed by atoms with Crippen LogP contribution < -0.4 is 0 Å². The molecule has 86 valence electrons. The van der Waals surface area contributed by atoms with Crippen LogP contribution in [0.15, 0.2) is 30.3 Å². The number of epoxide rings is 1. The summed E-state index contributed by atoms with van der Waals surface area (Å²) in [6.07, 6.45) is 3.52. The highest BCUT2D eigenvalue weighted by molar-refractivity contribution is 5.19. The van der Waals surface area contributed by atoms with Crippen molar-refractivity contribution in [3.8, 4) is 0 Å². The van der Waals surface area contributed by atoms with Crippen LogP contribution >= 0.6 is 0 Å². The number of piperidine rings is 1. The van der Waals surface area contributed by atoms with Crippen LogP contribution in [-0.2, 0) is 4.74 Å². The predicted octanol–water partition coefficient (Wildman–Crippen LogP) is 2.61. The van der Waals surface area contributed by atoms with Crippen molar-refractivity contribution in [2.75, 3.05) is 13.1 Å². The quantitative estimate of drug-likeness (QED) is 0.723. The smallest absolute Gasteiger partial charge is 0.0969 e. The van der Waals surface area contributed by atoms with Crippen molar-refractivity contribution >= 4 is 0 Å². The lowest BCUT2D eigenvalue weighted by atomic mass is 10.00. The number of fused-ring (bicyclic) bond motifs is 1. The number of nitrogens with zero attached hydrogens (tertiary/aromatic N) is 1. The highest BCUT2D eigenvalue weighted by Crippen LogP contribution is 2.35. The summed E-state index contributed by atoms with van der Waals surface area (Å²) in [5.74, 6) is 0. The van der Waals surface area contributed by atoms with E-state index in [1.54, 1.807) is 0 Å². The van der Waals surface area contributed by atoms with E-state index in [2.05, 4.69) is 42.2 Å². The average Bonchev–Trinajstić information content (AvgIpc) is 3.10. The molecule has 16 heavy (non-hydrogen) atoms. The minimum atomic E-state index is 0.534. The van der Waals surface area contributed by atoms with E-state index in [1.165, 1.54) is 24.9 Å². The largest absolute Gasteiger partial charge is 0.368 e. The monoisotopic (exact) mass is 217 g/mol. The van der Waals surface area contributed by atoms with Crippen LogP contribution in [0, 0.1) is 0 Å². The summed E-state index contributed by atoms with van der Waals surface area (Å²) in [5, 5.41) is 0. The molecular formula is C14H19NO. The van der Waals surface area contributed by atoms with Gasteiger partial charge in [-0.3, -0.25) is 4.90 Å². The summed E-state index contributed by atoms with van der Waals surface area (Å²) in [4.78, 5) is 2.59. The maximum Gasteiger partial charge on any atom is 0.0969 e. The molecule has 2 aliphatic rings. The van der Waals surface area contributed by atoms with Crippen molar-refractivity contribution in [1.82, 2.24) is 4.90 Å². The molecule has 2 saturated heterocycles. The zero-order valence-corrected chi connectivity index (χ0v) is 9.80. The van der Waals surface area contributed by atoms with Crippen molar-refractivity contribution in [1.29, 1.82) is 0 Å². The fraction of sp³-hybridized carbons (Fsp3) is 0.571. The second-order valence-electron chi connectivity index (χ2n) is 4.83. The van der Waals surface area contributed by atoms with Crippen molar-refractivity contribution in [2.45, 2.75) is 38.0 Å². The molecule has 2 heteroatoms. The Bertz CT molecular complexity index is 351. The van der Waals surface area contributed by atoms with Gasteiger partial charge in [-0.25, -0.2) is 0 Å². The molecule has 1 aromatic rings. The first-order valence-electron chi connectivity index (χ1n) is 6.33. The van der Waals surface area contributed by atoms with Crippen molar-refractivity contribution in [3.63, 3.8) is 0 Å². The van der Waals surface area contributed by atoms with Crippen LogP contribution in [0.3, 0.4) is 0 Å². The molecule has 0 saturated carbocycles. The number of hydrogen-bond donors (Lipinski definition) is 0. The number of benzene rings is 1. The third kappa shape index (κ3) is 1.87. The van der Waals surface area contributed by atoms with E-state index >= 15 is 0 Å². The Morgan fingerprint density at radius 3 is 2.81 bits per heavy atom. The Kier molecular flexibility index (Phi) is 2.70. The Hall–Kier alpha value is -0.860. The van der Waals surface area contributed by atoms with E-state index in [0.29, 0.717) is 18.2 Å². The Balaban J connectivity index is 1.75. The highest BCUT2D eigenvalue weighted by Gasteiger charge is 2.44. The predicted molar refractivity (Wildman–Crippen MR) is 64.3 cm³/mol. The molecule has 0 amide bonds. The molecule has 3 atom stereocenters. The van der Waals surface area contributed by atoms with Gasteiger partial charge in [0.2, 0.25) is 0 Å². The summed E-state index contributed by atoms with van der Waals surface area (Å²) in [7, 11) is 0. The van der Waals surface area contributed by atoms with Crippen molar-refractivity contribution in [3.05, 3.63) is 35.9 Å². The van der Waals surface area contributed by atoms with Gasteiger partial charge in [0, 0.05) is 19.1 Å². The molecule has 0 spiro atoms. The summed E-state index contributed by atoms with van der Waals surface area (Å²) in [5.41, 5.74) is 1.45. The van der Waals surface area contributed by atoms with Gasteiger partial charge < -0.3 is 4.74 Å². The van der Waals surface area contributed by atoms with Gasteiger partial charge >= 0.3 is 0 Å². The molecule has 0 N–H and O–H groups in total. The van der Waals surface area contributed by atoms with E-state index in [0.717, 1.165) is 6.54 Å². The summed E-state index contributed by atoms with van der Waals surface area (Å²) in [6, 6.07) is 11.4. The Labute approximate surface area is 97.2 Å². The van der Waals surface area contributed by atoms with Gasteiger partial charge in [-0.1, -0.05) is 37.3 Å². The van der Waals surface area contributed by atoms with E-state index in [1.807, 2.05) is 0 Å². The van der Waals surface area contributed by atoms with Crippen molar-refractivity contribution < 1.29 is 4.74 Å². The lowest BCUT2D eigenvalue weighted by Crippen LogP contribution is -2.37. The maximum absolute atomic E-state index is 5.60. The number of rotatable bonds is 3. The Morgan fingerprint density at radius 1 is 1.31 bits per heavy atom. The molecule has 1 aromatic carbocycles. The van der Waals surface area contributed by atoms with Crippen LogP contribution in [0.4, 0.5) is 0 Å². The molecule has 2 aliphatic heterocycles. The van der Waals surface area contributed by atoms with E-state index in [9.17, 15) is 0 Å². The molecule has 0 aromatic heterocycles. The molecule has 0 radical (unpaired) electrons. The third-order valence-corrected chi connectivity index (χ3v) is 3.81. The molecule has 3 rings (SSSR count). The van der Waals surface area contributed by atoms with E-state index < -0.39 is 0 Å². The van der Waals surface area contributed by atoms with Crippen LogP contribution in [0.25, 0.3) is 0 Å². The normalized spacial score (nSPS) is 30.8. The topological polar surface area (TPSA) is 15.8 Å². The molecular weight excluding hydrogens is 198 g/mol. The summed E-state index contributed by atoms with van der Waals surface area (Å²) >= 11 is 0. The number of likely N-dealkylation sites (tertiary alicyclic amines) is 1. The van der Waals surface area contributed by atoms with Crippen LogP contribution in [0.2, 0.25) is 0 Å². The lowest BCUT2D eigenvalue weighted by molar-refractivity contribution is 0.171. The standard InChI is InChI=1S/C14H19NO/c1-2-12(11-6-4-3-5-7-11)15-9-8-13-14(10-15)16-13/h3-7,12-14H,2,8-10H2,1H3. The molecule has 2 heterocycles. The van der Waals surface area contributed by atoms with Gasteiger partial charge in [-0.15, -0.1) is 0 Å². The van der Waals surface area contributed by atoms with E-state index in [-0.39, 0.29) is 0 Å². The first kappa shape index (κ1) is 10.3. The zero-order valence-electron chi connectivity index (χ0n) is 9.80. The number of hydrogen-bond acceptors (Lipinski definition) is 2. The third-order valence-electron chi connectivity index (χ3n) is 3.81. The van der Waals surface area contributed by atoms with Gasteiger partial charge in [0.05, 0.1) is 12.2 Å². The second-order valence-corrected chi connectivity index (χ2v) is 4.83. The summed E-state index contributed by atoms with van der Waals surface area (Å²) in [6.45, 7) is 4.59. The average molecular weight is 217 g/mol. The van der Waals surface area contributed by atoms with Crippen LogP contribution in [0.1, 0.15) is 31.4 Å². The Morgan fingerprint density at radius 2 is 2.12 bits per heavy atom. The minimum Gasteiger partial charge on any atom is -0.368 e. The van der Waals surface area contributed by atoms with Crippen LogP contribution in [0.5, 0.6) is 0 Å². The fourth-order valence-electron chi connectivity index (χ4n) is 2.87. The molecule has 2 fully saturated rings. The van der Waals surface area contributed by atoms with Crippen LogP contribution in [-0.4, -0.2) is 30.2 Å². The SMILES string of the molecule is CCC(c1ccccc1)N1CCC2OC2C1. The fourth-order valence-corrected chi connectivity index (χ4v) is 2.87.